The Morgan fingerprint density at radius 3 is 2.16 bits per heavy atom. The van der Waals surface area contributed by atoms with Crippen LogP contribution in [-0.2, 0) is 12.6 Å². The number of rotatable bonds is 3. The maximum absolute atomic E-state index is 10.8. The van der Waals surface area contributed by atoms with Gasteiger partial charge in [-0.05, 0) is 24.1 Å². The summed E-state index contributed by atoms with van der Waals surface area (Å²) in [7, 11) is 0. The van der Waals surface area contributed by atoms with Crippen molar-refractivity contribution in [2.24, 2.45) is 0 Å². The van der Waals surface area contributed by atoms with Crippen molar-refractivity contribution in [2.75, 3.05) is 0 Å². The highest BCUT2D eigenvalue weighted by atomic mass is 32.1. The van der Waals surface area contributed by atoms with Gasteiger partial charge in [0.15, 0.2) is 0 Å². The lowest BCUT2D eigenvalue weighted by atomic mass is 10.3. The quantitative estimate of drug-likeness (QED) is 0.482. The van der Waals surface area contributed by atoms with Crippen molar-refractivity contribution in [1.82, 2.24) is 9.78 Å². The molecule has 0 spiro atoms. The number of nitrogens with zero attached hydrogens (tertiary/aromatic N) is 4. The number of hydrogen-bond donors (Lipinski definition) is 0. The van der Waals surface area contributed by atoms with Crippen molar-refractivity contribution in [2.45, 2.75) is 11.9 Å². The fourth-order valence-corrected chi connectivity index (χ4v) is 1.97. The Morgan fingerprint density at radius 2 is 1.74 bits per heavy atom. The molecule has 98 valence electrons. The lowest BCUT2D eigenvalue weighted by Crippen LogP contribution is -1.99. The standard InChI is InChI=1S/C10H8N4O4S/c1-6-9(14(17)18)10(19)12(11-6)7-2-4-8(5-3-7)13(15)16/h2-5,19H,1H3/p-1. The minimum atomic E-state index is -0.591. The predicted octanol–water partition coefficient (Wildman–Crippen LogP) is 1.90. The van der Waals surface area contributed by atoms with E-state index in [1.165, 1.54) is 35.9 Å². The van der Waals surface area contributed by atoms with Gasteiger partial charge in [0.25, 0.3) is 11.4 Å². The molecule has 2 aromatic rings. The van der Waals surface area contributed by atoms with Crippen LogP contribution in [0.2, 0.25) is 0 Å². The number of non-ortho nitro benzene ring substituents is 1. The Morgan fingerprint density at radius 1 is 1.16 bits per heavy atom. The number of nitro groups is 2. The van der Waals surface area contributed by atoms with E-state index in [1.807, 2.05) is 0 Å². The van der Waals surface area contributed by atoms with Crippen LogP contribution < -0.4 is 0 Å². The smallest absolute Gasteiger partial charge is 0.291 e. The van der Waals surface area contributed by atoms with Gasteiger partial charge in [0.2, 0.25) is 0 Å². The Hall–Kier alpha value is -2.55. The highest BCUT2D eigenvalue weighted by molar-refractivity contribution is 7.58. The van der Waals surface area contributed by atoms with Crippen LogP contribution >= 0.6 is 0 Å². The summed E-state index contributed by atoms with van der Waals surface area (Å²) in [5, 5.41) is 25.3. The first-order valence-electron chi connectivity index (χ1n) is 5.07. The maximum Gasteiger partial charge on any atom is 0.291 e. The Kier molecular flexibility index (Phi) is 3.13. The summed E-state index contributed by atoms with van der Waals surface area (Å²) in [5.74, 6) is 0. The number of hydrogen-bond acceptors (Lipinski definition) is 6. The molecule has 0 aliphatic heterocycles. The summed E-state index contributed by atoms with van der Waals surface area (Å²) in [5.41, 5.74) is 0.335. The molecule has 0 atom stereocenters. The van der Waals surface area contributed by atoms with Crippen LogP contribution in [-0.4, -0.2) is 19.6 Å². The fraction of sp³-hybridized carbons (Fsp3) is 0.100. The summed E-state index contributed by atoms with van der Waals surface area (Å²) in [6, 6.07) is 5.44. The average molecular weight is 279 g/mol. The zero-order valence-electron chi connectivity index (χ0n) is 9.64. The molecule has 0 amide bonds. The topological polar surface area (TPSA) is 104 Å². The van der Waals surface area contributed by atoms with E-state index in [-0.39, 0.29) is 22.1 Å². The molecule has 1 aromatic carbocycles. The number of nitro benzene ring substituents is 1. The molecule has 0 saturated heterocycles. The van der Waals surface area contributed by atoms with Crippen molar-refractivity contribution in [3.63, 3.8) is 0 Å². The molecule has 9 heteroatoms. The van der Waals surface area contributed by atoms with Gasteiger partial charge in [0, 0.05) is 12.1 Å². The fourth-order valence-electron chi connectivity index (χ4n) is 1.60. The molecule has 1 aromatic heterocycles. The zero-order valence-corrected chi connectivity index (χ0v) is 10.5. The summed E-state index contributed by atoms with van der Waals surface area (Å²) in [6.07, 6.45) is 0. The van der Waals surface area contributed by atoms with E-state index >= 15 is 0 Å². The molecule has 0 aliphatic carbocycles. The third kappa shape index (κ3) is 2.22. The van der Waals surface area contributed by atoms with E-state index in [9.17, 15) is 20.2 Å². The normalized spacial score (nSPS) is 10.4. The molecule has 0 radical (unpaired) electrons. The Bertz CT molecular complexity index is 665. The third-order valence-electron chi connectivity index (χ3n) is 2.48. The zero-order chi connectivity index (χ0) is 14.2. The minimum Gasteiger partial charge on any atom is -0.753 e. The molecule has 0 unspecified atom stereocenters. The molecule has 0 aliphatic rings. The van der Waals surface area contributed by atoms with E-state index in [2.05, 4.69) is 5.10 Å². The largest absolute Gasteiger partial charge is 0.753 e. The summed E-state index contributed by atoms with van der Waals surface area (Å²) in [4.78, 5) is 20.2. The van der Waals surface area contributed by atoms with Gasteiger partial charge in [-0.1, -0.05) is 0 Å². The minimum absolute atomic E-state index is 0.0312. The van der Waals surface area contributed by atoms with Gasteiger partial charge in [-0.15, -0.1) is 0 Å². The van der Waals surface area contributed by atoms with Crippen LogP contribution in [0.4, 0.5) is 11.4 Å². The first kappa shape index (κ1) is 12.9. The lowest BCUT2D eigenvalue weighted by Gasteiger charge is -2.09. The molecule has 2 rings (SSSR count). The van der Waals surface area contributed by atoms with Crippen molar-refractivity contribution in [3.8, 4) is 5.69 Å². The van der Waals surface area contributed by atoms with Crippen molar-refractivity contribution in [3.05, 3.63) is 50.2 Å². The Balaban J connectivity index is 2.51. The molecule has 0 N–H and O–H groups in total. The van der Waals surface area contributed by atoms with Gasteiger partial charge in [-0.2, -0.15) is 5.10 Å². The van der Waals surface area contributed by atoms with Gasteiger partial charge in [-0.25, -0.2) is 0 Å². The third-order valence-corrected chi connectivity index (χ3v) is 2.84. The van der Waals surface area contributed by atoms with Crippen LogP contribution in [0.1, 0.15) is 5.69 Å². The second-order valence-corrected chi connectivity index (χ2v) is 4.07. The van der Waals surface area contributed by atoms with Crippen LogP contribution in [0.15, 0.2) is 29.3 Å². The highest BCUT2D eigenvalue weighted by Gasteiger charge is 2.18. The van der Waals surface area contributed by atoms with Crippen LogP contribution in [0.3, 0.4) is 0 Å². The van der Waals surface area contributed by atoms with Crippen molar-refractivity contribution in [1.29, 1.82) is 0 Å². The molecule has 0 saturated carbocycles. The van der Waals surface area contributed by atoms with E-state index in [0.717, 1.165) is 0 Å². The SMILES string of the molecule is Cc1nn(-c2ccc([N+](=O)[O-])cc2)c([S-])c1[N+](=O)[O-]. The van der Waals surface area contributed by atoms with E-state index in [4.69, 9.17) is 12.6 Å². The van der Waals surface area contributed by atoms with Gasteiger partial charge >= 0.3 is 0 Å². The van der Waals surface area contributed by atoms with Crippen LogP contribution in [0.5, 0.6) is 0 Å². The summed E-state index contributed by atoms with van der Waals surface area (Å²) >= 11 is 4.98. The predicted molar refractivity (Wildman–Crippen MR) is 67.2 cm³/mol. The Labute approximate surface area is 112 Å². The molecule has 0 bridgehead atoms. The first-order chi connectivity index (χ1) is 8.91. The molecular formula is C10H7N4O4S-. The average Bonchev–Trinajstić information content (AvgIpc) is 2.65. The number of aromatic nitrogens is 2. The van der Waals surface area contributed by atoms with Gasteiger partial charge in [-0.3, -0.25) is 24.9 Å². The molecule has 1 heterocycles. The van der Waals surface area contributed by atoms with E-state index in [1.54, 1.807) is 0 Å². The monoisotopic (exact) mass is 279 g/mol. The van der Waals surface area contributed by atoms with Gasteiger partial charge in [0.05, 0.1) is 15.5 Å². The highest BCUT2D eigenvalue weighted by Crippen LogP contribution is 2.25. The summed E-state index contributed by atoms with van der Waals surface area (Å²) < 4.78 is 1.21. The van der Waals surface area contributed by atoms with Gasteiger partial charge < -0.3 is 12.6 Å². The van der Waals surface area contributed by atoms with E-state index < -0.39 is 9.85 Å². The molecule has 19 heavy (non-hydrogen) atoms. The summed E-state index contributed by atoms with van der Waals surface area (Å²) in [6.45, 7) is 1.48. The molecular weight excluding hydrogens is 272 g/mol. The van der Waals surface area contributed by atoms with Crippen molar-refractivity contribution >= 4 is 24.0 Å². The van der Waals surface area contributed by atoms with E-state index in [0.29, 0.717) is 5.69 Å². The number of benzene rings is 1. The molecule has 0 fully saturated rings. The van der Waals surface area contributed by atoms with Crippen LogP contribution in [0, 0.1) is 27.2 Å². The second kappa shape index (κ2) is 4.61. The first-order valence-corrected chi connectivity index (χ1v) is 5.48. The molecule has 8 nitrogen and oxygen atoms in total. The lowest BCUT2D eigenvalue weighted by molar-refractivity contribution is -0.388. The van der Waals surface area contributed by atoms with Crippen molar-refractivity contribution < 1.29 is 9.85 Å². The van der Waals surface area contributed by atoms with Gasteiger partial charge in [0.1, 0.15) is 5.69 Å². The number of aryl methyl sites for hydroxylation is 1. The second-order valence-electron chi connectivity index (χ2n) is 3.68. The van der Waals surface area contributed by atoms with Crippen LogP contribution in [0.25, 0.3) is 5.69 Å². The maximum atomic E-state index is 10.8.